The Morgan fingerprint density at radius 1 is 1.37 bits per heavy atom. The number of hydrogen-bond acceptors (Lipinski definition) is 3. The van der Waals surface area contributed by atoms with Crippen molar-refractivity contribution in [3.05, 3.63) is 23.8 Å². The van der Waals surface area contributed by atoms with E-state index in [9.17, 15) is 0 Å². The van der Waals surface area contributed by atoms with Crippen LogP contribution in [0.25, 0.3) is 0 Å². The van der Waals surface area contributed by atoms with Gasteiger partial charge in [0.1, 0.15) is 5.60 Å². The quantitative estimate of drug-likeness (QED) is 0.885. The highest BCUT2D eigenvalue weighted by atomic mass is 16.5. The Morgan fingerprint density at radius 3 is 2.79 bits per heavy atom. The van der Waals surface area contributed by atoms with Gasteiger partial charge in [-0.25, -0.2) is 0 Å². The lowest BCUT2D eigenvalue weighted by atomic mass is 10.0. The lowest BCUT2D eigenvalue weighted by Gasteiger charge is -2.21. The van der Waals surface area contributed by atoms with Crippen LogP contribution in [0.3, 0.4) is 0 Å². The molecule has 0 aliphatic carbocycles. The summed E-state index contributed by atoms with van der Waals surface area (Å²) in [6.07, 6.45) is 2.09. The average molecular weight is 263 g/mol. The molecular weight excluding hydrogens is 238 g/mol. The summed E-state index contributed by atoms with van der Waals surface area (Å²) in [6.45, 7) is 8.49. The monoisotopic (exact) mass is 263 g/mol. The smallest absolute Gasteiger partial charge is 0.165 e. The van der Waals surface area contributed by atoms with E-state index in [0.717, 1.165) is 24.3 Å². The van der Waals surface area contributed by atoms with E-state index in [4.69, 9.17) is 9.47 Å². The Kier molecular flexibility index (Phi) is 4.04. The molecule has 3 nitrogen and oxygen atoms in total. The second kappa shape index (κ2) is 5.41. The molecule has 0 spiro atoms. The molecule has 3 heteroatoms. The van der Waals surface area contributed by atoms with Crippen LogP contribution in [-0.2, 0) is 6.42 Å². The fourth-order valence-electron chi connectivity index (χ4n) is 2.56. The molecule has 0 aromatic heterocycles. The summed E-state index contributed by atoms with van der Waals surface area (Å²) >= 11 is 0. The van der Waals surface area contributed by atoms with Gasteiger partial charge in [-0.05, 0) is 47.2 Å². The van der Waals surface area contributed by atoms with Gasteiger partial charge >= 0.3 is 0 Å². The first kappa shape index (κ1) is 14.2. The Balaban J connectivity index is 2.09. The summed E-state index contributed by atoms with van der Waals surface area (Å²) in [5.41, 5.74) is 1.12. The first-order valence-corrected chi connectivity index (χ1v) is 7.06. The van der Waals surface area contributed by atoms with E-state index >= 15 is 0 Å². The van der Waals surface area contributed by atoms with Gasteiger partial charge in [0.2, 0.25) is 0 Å². The van der Waals surface area contributed by atoms with Gasteiger partial charge in [-0.15, -0.1) is 0 Å². The molecule has 0 bridgehead atoms. The lowest BCUT2D eigenvalue weighted by molar-refractivity contribution is 0.124. The third-order valence-corrected chi connectivity index (χ3v) is 3.56. The van der Waals surface area contributed by atoms with E-state index in [1.807, 2.05) is 19.2 Å². The van der Waals surface area contributed by atoms with Crippen LogP contribution < -0.4 is 14.8 Å². The van der Waals surface area contributed by atoms with Crippen molar-refractivity contribution < 1.29 is 9.47 Å². The predicted molar refractivity (Wildman–Crippen MR) is 78.1 cm³/mol. The number of para-hydroxylation sites is 1. The van der Waals surface area contributed by atoms with Crippen LogP contribution in [0.5, 0.6) is 11.5 Å². The molecule has 2 rings (SSSR count). The number of hydrogen-bond donors (Lipinski definition) is 1. The first-order valence-electron chi connectivity index (χ1n) is 7.06. The van der Waals surface area contributed by atoms with Crippen molar-refractivity contribution in [2.24, 2.45) is 0 Å². The van der Waals surface area contributed by atoms with Crippen molar-refractivity contribution in [1.29, 1.82) is 0 Å². The zero-order valence-electron chi connectivity index (χ0n) is 12.6. The maximum atomic E-state index is 6.06. The van der Waals surface area contributed by atoms with E-state index in [2.05, 4.69) is 39.1 Å². The fourth-order valence-corrected chi connectivity index (χ4v) is 2.56. The van der Waals surface area contributed by atoms with E-state index in [1.165, 1.54) is 5.56 Å². The maximum absolute atomic E-state index is 6.06. The summed E-state index contributed by atoms with van der Waals surface area (Å²) in [5, 5.41) is 3.24. The fraction of sp³-hybridized carbons (Fsp3) is 0.625. The second-order valence-electron chi connectivity index (χ2n) is 6.14. The molecule has 2 unspecified atom stereocenters. The normalized spacial score (nSPS) is 19.4. The summed E-state index contributed by atoms with van der Waals surface area (Å²) in [5.74, 6) is 1.80. The van der Waals surface area contributed by atoms with E-state index in [-0.39, 0.29) is 11.7 Å². The van der Waals surface area contributed by atoms with Gasteiger partial charge in [0.25, 0.3) is 0 Å². The SMILES string of the molecule is CNC(C)CC(C)Oc1cccc2c1OC(C)(C)C2. The van der Waals surface area contributed by atoms with Gasteiger partial charge in [-0.2, -0.15) is 0 Å². The summed E-state index contributed by atoms with van der Waals surface area (Å²) < 4.78 is 12.1. The van der Waals surface area contributed by atoms with Crippen molar-refractivity contribution in [1.82, 2.24) is 5.32 Å². The maximum Gasteiger partial charge on any atom is 0.165 e. The molecule has 0 saturated carbocycles. The van der Waals surface area contributed by atoms with E-state index in [0.29, 0.717) is 6.04 Å². The van der Waals surface area contributed by atoms with Crippen LogP contribution in [0.4, 0.5) is 0 Å². The number of nitrogens with one attached hydrogen (secondary N) is 1. The van der Waals surface area contributed by atoms with Crippen LogP contribution in [0.2, 0.25) is 0 Å². The predicted octanol–water partition coefficient (Wildman–Crippen LogP) is 3.17. The van der Waals surface area contributed by atoms with Crippen LogP contribution in [0.15, 0.2) is 18.2 Å². The van der Waals surface area contributed by atoms with Crippen molar-refractivity contribution >= 4 is 0 Å². The van der Waals surface area contributed by atoms with Gasteiger partial charge in [0.05, 0.1) is 6.10 Å². The molecule has 1 aromatic carbocycles. The number of ether oxygens (including phenoxy) is 2. The van der Waals surface area contributed by atoms with Crippen molar-refractivity contribution in [2.75, 3.05) is 7.05 Å². The molecule has 1 aromatic rings. The Labute approximate surface area is 116 Å². The van der Waals surface area contributed by atoms with Crippen molar-refractivity contribution in [2.45, 2.75) is 58.3 Å². The molecule has 1 aliphatic rings. The molecule has 0 radical (unpaired) electrons. The third-order valence-electron chi connectivity index (χ3n) is 3.56. The summed E-state index contributed by atoms with van der Waals surface area (Å²) in [6, 6.07) is 6.62. The zero-order chi connectivity index (χ0) is 14.0. The molecule has 0 amide bonds. The average Bonchev–Trinajstić information content (AvgIpc) is 2.64. The number of rotatable bonds is 5. The second-order valence-corrected chi connectivity index (χ2v) is 6.14. The van der Waals surface area contributed by atoms with Crippen molar-refractivity contribution in [3.63, 3.8) is 0 Å². The molecule has 0 fully saturated rings. The lowest BCUT2D eigenvalue weighted by Crippen LogP contribution is -2.28. The van der Waals surface area contributed by atoms with Gasteiger partial charge in [0, 0.05) is 18.0 Å². The van der Waals surface area contributed by atoms with Gasteiger partial charge in [-0.1, -0.05) is 12.1 Å². The van der Waals surface area contributed by atoms with Crippen LogP contribution in [0.1, 0.15) is 39.7 Å². The minimum absolute atomic E-state index is 0.122. The highest BCUT2D eigenvalue weighted by Crippen LogP contribution is 2.42. The standard InChI is InChI=1S/C16H25NO2/c1-11(17-5)9-12(2)18-14-8-6-7-13-10-16(3,4)19-15(13)14/h6-8,11-12,17H,9-10H2,1-5H3. The Hall–Kier alpha value is -1.22. The molecule has 19 heavy (non-hydrogen) atoms. The number of benzene rings is 1. The largest absolute Gasteiger partial charge is 0.487 e. The minimum atomic E-state index is -0.122. The zero-order valence-corrected chi connectivity index (χ0v) is 12.6. The van der Waals surface area contributed by atoms with E-state index in [1.54, 1.807) is 0 Å². The molecule has 1 aliphatic heterocycles. The van der Waals surface area contributed by atoms with E-state index < -0.39 is 0 Å². The molecule has 1 heterocycles. The molecular formula is C16H25NO2. The molecule has 2 atom stereocenters. The van der Waals surface area contributed by atoms with Gasteiger partial charge in [0.15, 0.2) is 11.5 Å². The third kappa shape index (κ3) is 3.41. The molecule has 1 N–H and O–H groups in total. The van der Waals surface area contributed by atoms with Crippen LogP contribution >= 0.6 is 0 Å². The number of fused-ring (bicyclic) bond motifs is 1. The first-order chi connectivity index (χ1) is 8.91. The topological polar surface area (TPSA) is 30.5 Å². The van der Waals surface area contributed by atoms with Crippen LogP contribution in [0, 0.1) is 0 Å². The molecule has 106 valence electrons. The van der Waals surface area contributed by atoms with Crippen LogP contribution in [-0.4, -0.2) is 24.8 Å². The Morgan fingerprint density at radius 2 is 2.11 bits per heavy atom. The van der Waals surface area contributed by atoms with Gasteiger partial charge < -0.3 is 14.8 Å². The Bertz CT molecular complexity index is 442. The summed E-state index contributed by atoms with van der Waals surface area (Å²) in [4.78, 5) is 0. The highest BCUT2D eigenvalue weighted by molar-refractivity contribution is 5.50. The van der Waals surface area contributed by atoms with Gasteiger partial charge in [-0.3, -0.25) is 0 Å². The van der Waals surface area contributed by atoms with Crippen molar-refractivity contribution in [3.8, 4) is 11.5 Å². The highest BCUT2D eigenvalue weighted by Gasteiger charge is 2.32. The minimum Gasteiger partial charge on any atom is -0.487 e. The molecule has 0 saturated heterocycles. The summed E-state index contributed by atoms with van der Waals surface area (Å²) in [7, 11) is 1.98.